The van der Waals surface area contributed by atoms with Crippen LogP contribution in [0.4, 0.5) is 4.39 Å². The number of aliphatic imine (C=N–C) groups is 1. The van der Waals surface area contributed by atoms with Gasteiger partial charge in [-0.3, -0.25) is 4.99 Å². The number of nitrogens with zero attached hydrogens (tertiary/aromatic N) is 1. The maximum Gasteiger partial charge on any atom is 0.337 e. The molecule has 0 amide bonds. The summed E-state index contributed by atoms with van der Waals surface area (Å²) in [6, 6.07) is 3.80. The Morgan fingerprint density at radius 1 is 1.45 bits per heavy atom. The Hall–Kier alpha value is -1.88. The van der Waals surface area contributed by atoms with Crippen molar-refractivity contribution in [3.8, 4) is 0 Å². The fraction of sp³-hybridized carbons (Fsp3) is 0.286. The molecule has 1 aromatic carbocycles. The summed E-state index contributed by atoms with van der Waals surface area (Å²) in [4.78, 5) is 15.8. The average molecular weight is 299 g/mol. The van der Waals surface area contributed by atoms with Crippen LogP contribution in [0.5, 0.6) is 0 Å². The first-order chi connectivity index (χ1) is 9.53. The van der Waals surface area contributed by atoms with Crippen LogP contribution in [0.25, 0.3) is 0 Å². The van der Waals surface area contributed by atoms with Gasteiger partial charge in [0.25, 0.3) is 0 Å². The Bertz CT molecular complexity index is 556. The topological polar surface area (TPSA) is 64.7 Å². The first-order valence-electron chi connectivity index (χ1n) is 6.05. The molecule has 0 aliphatic carbocycles. The van der Waals surface area contributed by atoms with Crippen LogP contribution in [-0.2, 0) is 4.74 Å². The van der Waals surface area contributed by atoms with E-state index in [1.54, 1.807) is 0 Å². The summed E-state index contributed by atoms with van der Waals surface area (Å²) >= 11 is 5.99. The van der Waals surface area contributed by atoms with Crippen molar-refractivity contribution in [3.63, 3.8) is 0 Å². The van der Waals surface area contributed by atoms with E-state index < -0.39 is 11.8 Å². The van der Waals surface area contributed by atoms with E-state index in [1.165, 1.54) is 25.4 Å². The number of esters is 1. The van der Waals surface area contributed by atoms with Crippen molar-refractivity contribution >= 4 is 23.3 Å². The Balaban J connectivity index is 3.33. The van der Waals surface area contributed by atoms with Crippen LogP contribution in [0.3, 0.4) is 0 Å². The lowest BCUT2D eigenvalue weighted by atomic mass is 10.1. The number of hydrogen-bond acceptors (Lipinski definition) is 4. The summed E-state index contributed by atoms with van der Waals surface area (Å²) in [6.45, 7) is 2.47. The van der Waals surface area contributed by atoms with Crippen molar-refractivity contribution in [2.75, 3.05) is 13.7 Å². The molecular formula is C14H16ClFN2O2. The second-order valence-corrected chi connectivity index (χ2v) is 4.37. The number of rotatable bonds is 5. The monoisotopic (exact) mass is 298 g/mol. The molecule has 0 saturated heterocycles. The molecule has 0 atom stereocenters. The standard InChI is InChI=1S/C14H16ClFN2O2/c1-3-4-18-13(12(15)8-17)9-5-10(14(19)20-2)7-11(16)6-9/h5-8H,3-4,17H2,1-2H3/b12-8+,18-13?. The number of methoxy groups -OCH3 is 1. The highest BCUT2D eigenvalue weighted by atomic mass is 35.5. The highest BCUT2D eigenvalue weighted by molar-refractivity contribution is 6.46. The van der Waals surface area contributed by atoms with E-state index in [4.69, 9.17) is 17.3 Å². The maximum absolute atomic E-state index is 13.6. The second-order valence-electron chi connectivity index (χ2n) is 3.97. The van der Waals surface area contributed by atoms with Gasteiger partial charge >= 0.3 is 5.97 Å². The van der Waals surface area contributed by atoms with Gasteiger partial charge in [0.05, 0.1) is 23.4 Å². The molecular weight excluding hydrogens is 283 g/mol. The second kappa shape index (κ2) is 7.65. The van der Waals surface area contributed by atoms with Gasteiger partial charge in [-0.2, -0.15) is 0 Å². The van der Waals surface area contributed by atoms with Crippen molar-refractivity contribution < 1.29 is 13.9 Å². The number of carbonyl (C=O) groups excluding carboxylic acids is 1. The maximum atomic E-state index is 13.6. The number of benzene rings is 1. The number of ether oxygens (including phenoxy) is 1. The van der Waals surface area contributed by atoms with Crippen LogP contribution in [0.2, 0.25) is 0 Å². The smallest absolute Gasteiger partial charge is 0.337 e. The quantitative estimate of drug-likeness (QED) is 0.671. The minimum atomic E-state index is -0.631. The molecule has 0 aliphatic heterocycles. The molecule has 0 fully saturated rings. The SMILES string of the molecule is CCCN=C(/C(Cl)=C\N)c1cc(F)cc(C(=O)OC)c1. The number of allylic oxidation sites excluding steroid dienone is 1. The zero-order valence-corrected chi connectivity index (χ0v) is 12.1. The molecule has 0 bridgehead atoms. The van der Waals surface area contributed by atoms with Crippen LogP contribution >= 0.6 is 11.6 Å². The molecule has 0 unspecified atom stereocenters. The predicted octanol–water partition coefficient (Wildman–Crippen LogP) is 2.85. The largest absolute Gasteiger partial charge is 0.465 e. The van der Waals surface area contributed by atoms with Gasteiger partial charge in [0.1, 0.15) is 5.82 Å². The molecule has 0 saturated carbocycles. The van der Waals surface area contributed by atoms with E-state index in [9.17, 15) is 9.18 Å². The third-order valence-electron chi connectivity index (χ3n) is 2.46. The van der Waals surface area contributed by atoms with E-state index in [-0.39, 0.29) is 10.6 Å². The summed E-state index contributed by atoms with van der Waals surface area (Å²) in [5, 5.41) is 0.194. The van der Waals surface area contributed by atoms with Gasteiger partial charge in [-0.15, -0.1) is 0 Å². The Morgan fingerprint density at radius 2 is 2.10 bits per heavy atom. The van der Waals surface area contributed by atoms with Gasteiger partial charge in [0.2, 0.25) is 0 Å². The Kier molecular flexibility index (Phi) is 6.18. The van der Waals surface area contributed by atoms with Crippen LogP contribution in [0, 0.1) is 5.82 Å². The van der Waals surface area contributed by atoms with Crippen LogP contribution in [0.1, 0.15) is 29.3 Å². The zero-order chi connectivity index (χ0) is 15.1. The first kappa shape index (κ1) is 16.2. The molecule has 0 aliphatic rings. The van der Waals surface area contributed by atoms with Gasteiger partial charge < -0.3 is 10.5 Å². The molecule has 1 aromatic rings. The van der Waals surface area contributed by atoms with Gasteiger partial charge in [-0.1, -0.05) is 18.5 Å². The summed E-state index contributed by atoms with van der Waals surface area (Å²) in [6.07, 6.45) is 1.98. The summed E-state index contributed by atoms with van der Waals surface area (Å²) < 4.78 is 18.2. The molecule has 6 heteroatoms. The van der Waals surface area contributed by atoms with Gasteiger partial charge in [0, 0.05) is 18.3 Å². The molecule has 0 spiro atoms. The lowest BCUT2D eigenvalue weighted by Crippen LogP contribution is -2.09. The number of nitrogens with two attached hydrogens (primary N) is 1. The highest BCUT2D eigenvalue weighted by Gasteiger charge is 2.14. The number of carbonyl (C=O) groups is 1. The normalized spacial score (nSPS) is 12.4. The van der Waals surface area contributed by atoms with Crippen molar-refractivity contribution in [1.29, 1.82) is 0 Å². The van der Waals surface area contributed by atoms with E-state index in [0.29, 0.717) is 17.8 Å². The molecule has 20 heavy (non-hydrogen) atoms. The lowest BCUT2D eigenvalue weighted by Gasteiger charge is -2.08. The summed E-state index contributed by atoms with van der Waals surface area (Å²) in [7, 11) is 1.23. The van der Waals surface area contributed by atoms with Crippen LogP contribution in [0.15, 0.2) is 34.4 Å². The van der Waals surface area contributed by atoms with E-state index >= 15 is 0 Å². The van der Waals surface area contributed by atoms with E-state index in [0.717, 1.165) is 12.5 Å². The predicted molar refractivity (Wildman–Crippen MR) is 77.6 cm³/mol. The molecule has 0 aromatic heterocycles. The molecule has 0 heterocycles. The fourth-order valence-electron chi connectivity index (χ4n) is 1.57. The number of halogens is 2. The molecule has 1 rings (SSSR count). The van der Waals surface area contributed by atoms with Gasteiger partial charge in [-0.25, -0.2) is 9.18 Å². The Morgan fingerprint density at radius 3 is 2.65 bits per heavy atom. The molecule has 2 N–H and O–H groups in total. The minimum absolute atomic E-state index is 0.0909. The van der Waals surface area contributed by atoms with Gasteiger partial charge in [-0.05, 0) is 24.6 Å². The highest BCUT2D eigenvalue weighted by Crippen LogP contribution is 2.17. The minimum Gasteiger partial charge on any atom is -0.465 e. The third-order valence-corrected chi connectivity index (χ3v) is 2.76. The summed E-state index contributed by atoms with van der Waals surface area (Å²) in [5.74, 6) is -1.21. The fourth-order valence-corrected chi connectivity index (χ4v) is 1.74. The van der Waals surface area contributed by atoms with Crippen molar-refractivity contribution in [3.05, 3.63) is 46.4 Å². The molecule has 108 valence electrons. The van der Waals surface area contributed by atoms with E-state index in [1.807, 2.05) is 6.92 Å². The molecule has 4 nitrogen and oxygen atoms in total. The molecule has 0 radical (unpaired) electrons. The Labute approximate surface area is 122 Å². The zero-order valence-electron chi connectivity index (χ0n) is 11.3. The van der Waals surface area contributed by atoms with Crippen molar-refractivity contribution in [2.45, 2.75) is 13.3 Å². The lowest BCUT2D eigenvalue weighted by molar-refractivity contribution is 0.0600. The van der Waals surface area contributed by atoms with Crippen LogP contribution in [-0.4, -0.2) is 25.3 Å². The van der Waals surface area contributed by atoms with Crippen molar-refractivity contribution in [1.82, 2.24) is 0 Å². The summed E-state index contributed by atoms with van der Waals surface area (Å²) in [5.41, 5.74) is 6.20. The third kappa shape index (κ3) is 4.06. The van der Waals surface area contributed by atoms with Gasteiger partial charge in [0.15, 0.2) is 0 Å². The van der Waals surface area contributed by atoms with Crippen LogP contribution < -0.4 is 5.73 Å². The average Bonchev–Trinajstić information content (AvgIpc) is 2.45. The first-order valence-corrected chi connectivity index (χ1v) is 6.42. The van der Waals surface area contributed by atoms with Crippen molar-refractivity contribution in [2.24, 2.45) is 10.7 Å². The van der Waals surface area contributed by atoms with E-state index in [2.05, 4.69) is 9.73 Å². The number of hydrogen-bond donors (Lipinski definition) is 1.